The molecule has 69 heavy (non-hydrogen) atoms. The van der Waals surface area contributed by atoms with Gasteiger partial charge < -0.3 is 24.5 Å². The zero-order chi connectivity index (χ0) is 46.8. The number of ether oxygens (including phenoxy) is 2. The third-order valence-electron chi connectivity index (χ3n) is 12.3. The molecule has 0 amide bonds. The molecule has 16 heteroatoms. The predicted octanol–water partition coefficient (Wildman–Crippen LogP) is 10.9. The highest BCUT2D eigenvalue weighted by Gasteiger charge is 2.28. The lowest BCUT2D eigenvalue weighted by Gasteiger charge is -2.32. The van der Waals surface area contributed by atoms with Gasteiger partial charge in [-0.2, -0.15) is 10.2 Å². The summed E-state index contributed by atoms with van der Waals surface area (Å²) in [7, 11) is -7.58. The minimum atomic E-state index is -3.80. The van der Waals surface area contributed by atoms with E-state index in [-0.39, 0.29) is 51.9 Å². The smallest absolute Gasteiger partial charge is 0.224 e. The summed E-state index contributed by atoms with van der Waals surface area (Å²) in [6.07, 6.45) is 9.17. The highest BCUT2D eigenvalue weighted by molar-refractivity contribution is 7.92. The molecule has 3 N–H and O–H groups in total. The van der Waals surface area contributed by atoms with Gasteiger partial charge >= 0.3 is 0 Å². The highest BCUT2D eigenvalue weighted by atomic mass is 35.5. The van der Waals surface area contributed by atoms with Crippen molar-refractivity contribution in [2.45, 2.75) is 105 Å². The monoisotopic (exact) mass is 994 g/mol. The number of halogens is 1. The maximum atomic E-state index is 13.6. The van der Waals surface area contributed by atoms with Crippen molar-refractivity contribution >= 4 is 81.7 Å². The van der Waals surface area contributed by atoms with Gasteiger partial charge in [0.2, 0.25) is 19.7 Å². The Bertz CT molecular complexity index is 3170. The number of hydrogen-bond acceptors (Lipinski definition) is 11. The Morgan fingerprint density at radius 3 is 1.52 bits per heavy atom. The van der Waals surface area contributed by atoms with Crippen LogP contribution in [0.1, 0.15) is 72.6 Å². The Hall–Kier alpha value is -5.84. The van der Waals surface area contributed by atoms with Gasteiger partial charge in [0.05, 0.1) is 20.8 Å². The number of piperidine rings is 2. The molecule has 2 aliphatic heterocycles. The van der Waals surface area contributed by atoms with E-state index in [1.807, 2.05) is 85.8 Å². The largest absolute Gasteiger partial charge is 0.490 e. The number of carbonyl (C=O) groups excluding carboxylic acids is 1. The Kier molecular flexibility index (Phi) is 18.4. The van der Waals surface area contributed by atoms with Crippen LogP contribution in [0.3, 0.4) is 0 Å². The second kappa shape index (κ2) is 24.1. The normalized spacial score (nSPS) is 14.8. The average Bonchev–Trinajstić information content (AvgIpc) is 4.00. The first-order chi connectivity index (χ1) is 32.6. The molecule has 0 unspecified atom stereocenters. The van der Waals surface area contributed by atoms with Crippen LogP contribution in [-0.4, -0.2) is 93.3 Å². The Morgan fingerprint density at radius 2 is 1.07 bits per heavy atom. The second-order valence-corrected chi connectivity index (χ2v) is 20.7. The molecule has 366 valence electrons. The van der Waals surface area contributed by atoms with E-state index in [0.717, 1.165) is 81.9 Å². The third-order valence-corrected chi connectivity index (χ3v) is 15.8. The summed E-state index contributed by atoms with van der Waals surface area (Å²) < 4.78 is 66.6. The van der Waals surface area contributed by atoms with Crippen molar-refractivity contribution in [3.05, 3.63) is 121 Å². The number of nitrogens with zero attached hydrogens (tertiary/aromatic N) is 3. The van der Waals surface area contributed by atoms with Crippen molar-refractivity contribution in [2.75, 3.05) is 32.7 Å². The van der Waals surface area contributed by atoms with Gasteiger partial charge in [-0.05, 0) is 117 Å². The first-order valence-electron chi connectivity index (χ1n) is 23.2. The van der Waals surface area contributed by atoms with Crippen LogP contribution in [0.2, 0.25) is 0 Å². The van der Waals surface area contributed by atoms with Gasteiger partial charge in [0.25, 0.3) is 0 Å². The summed E-state index contributed by atoms with van der Waals surface area (Å²) >= 11 is 0. The van der Waals surface area contributed by atoms with Crippen LogP contribution < -0.4 is 14.8 Å². The number of hydrogen-bond donors (Lipinski definition) is 3. The Morgan fingerprint density at radius 1 is 0.609 bits per heavy atom. The third kappa shape index (κ3) is 12.1. The number of nitrogens with one attached hydrogen (secondary N) is 3. The van der Waals surface area contributed by atoms with Crippen molar-refractivity contribution in [1.29, 1.82) is 0 Å². The standard InChI is InChI=1S/C26H29N3O3S.C22H21N3O3S.C4H8O.CH4.ClH/c1-2-3-15-29-16-13-20(14-17-29)32-21-11-12-24-23(18-21)26(28-27-24)33(30,31)25-10-6-8-19-7-4-5-9-22(19)25;26-29(27,21-7-3-5-15-4-1-2-6-18(15)21)22-19-14-17(8-9-20(19)24-25-22)28-16-10-12-23-13-11-16;1-2-3-4-5;;/h4-12,18,20H,2-3,13-17H2,1H3,(H,27,28);1-9,14,16,23H,10-13H2,(H,24,25);4H,2-3H2,1H3;1H4;1H. The lowest BCUT2D eigenvalue weighted by Crippen LogP contribution is -2.38. The molecule has 2 saturated heterocycles. The van der Waals surface area contributed by atoms with E-state index in [9.17, 15) is 21.6 Å². The number of aromatic amines is 2. The summed E-state index contributed by atoms with van der Waals surface area (Å²) in [6, 6.07) is 36.6. The van der Waals surface area contributed by atoms with Crippen LogP contribution in [0.15, 0.2) is 141 Å². The molecule has 2 fully saturated rings. The van der Waals surface area contributed by atoms with Gasteiger partial charge in [0, 0.05) is 41.1 Å². The van der Waals surface area contributed by atoms with E-state index >= 15 is 0 Å². The number of rotatable bonds is 13. The van der Waals surface area contributed by atoms with Gasteiger partial charge in [-0.15, -0.1) is 12.4 Å². The fourth-order valence-electron chi connectivity index (χ4n) is 8.62. The molecule has 13 nitrogen and oxygen atoms in total. The number of fused-ring (bicyclic) bond motifs is 4. The number of H-pyrrole nitrogens is 2. The van der Waals surface area contributed by atoms with E-state index in [0.29, 0.717) is 50.5 Å². The maximum Gasteiger partial charge on any atom is 0.224 e. The Labute approximate surface area is 411 Å². The summed E-state index contributed by atoms with van der Waals surface area (Å²) in [5.74, 6) is 1.35. The fourth-order valence-corrected chi connectivity index (χ4v) is 11.8. The van der Waals surface area contributed by atoms with Crippen LogP contribution in [0, 0.1) is 0 Å². The Balaban J connectivity index is 0.000000202. The zero-order valence-corrected chi connectivity index (χ0v) is 40.8. The van der Waals surface area contributed by atoms with Crippen molar-refractivity contribution < 1.29 is 31.1 Å². The topological polar surface area (TPSA) is 176 Å². The molecule has 0 atom stereocenters. The first kappa shape index (κ1) is 52.5. The molecule has 0 radical (unpaired) electrons. The van der Waals surface area contributed by atoms with Crippen LogP contribution in [0.5, 0.6) is 11.5 Å². The predicted molar refractivity (Wildman–Crippen MR) is 277 cm³/mol. The van der Waals surface area contributed by atoms with Crippen molar-refractivity contribution in [2.24, 2.45) is 0 Å². The molecule has 4 heterocycles. The minimum Gasteiger partial charge on any atom is -0.490 e. The SMILES string of the molecule is C.CCCC=O.CCCCN1CCC(Oc2ccc3n[nH]c(S(=O)(=O)c4cccc5ccccc45)c3c2)CC1.Cl.O=S(=O)(c1cccc2ccccc12)c1[nH]nc2ccc(OC3CCNCC3)cc12. The lowest BCUT2D eigenvalue weighted by atomic mass is 10.1. The fraction of sp³-hybridized carbons (Fsp3) is 0.340. The van der Waals surface area contributed by atoms with Crippen LogP contribution >= 0.6 is 12.4 Å². The molecule has 0 bridgehead atoms. The van der Waals surface area contributed by atoms with Crippen LogP contribution in [-0.2, 0) is 24.5 Å². The number of aldehydes is 1. The molecule has 6 aromatic carbocycles. The van der Waals surface area contributed by atoms with E-state index in [1.165, 1.54) is 12.8 Å². The molecule has 2 aromatic heterocycles. The lowest BCUT2D eigenvalue weighted by molar-refractivity contribution is -0.107. The van der Waals surface area contributed by atoms with Gasteiger partial charge in [0.15, 0.2) is 10.1 Å². The summed E-state index contributed by atoms with van der Waals surface area (Å²) in [5.41, 5.74) is 1.21. The number of likely N-dealkylation sites (tertiary alicyclic amines) is 1. The van der Waals surface area contributed by atoms with Gasteiger partial charge in [-0.25, -0.2) is 16.8 Å². The zero-order valence-electron chi connectivity index (χ0n) is 38.4. The molecule has 8 aromatic rings. The number of carbonyl (C=O) groups is 1. The summed E-state index contributed by atoms with van der Waals surface area (Å²) in [6.45, 7) is 9.29. The van der Waals surface area contributed by atoms with Crippen molar-refractivity contribution in [3.8, 4) is 11.5 Å². The van der Waals surface area contributed by atoms with Gasteiger partial charge in [-0.1, -0.05) is 100 Å². The highest BCUT2D eigenvalue weighted by Crippen LogP contribution is 2.35. The van der Waals surface area contributed by atoms with Crippen LogP contribution in [0.25, 0.3) is 43.4 Å². The van der Waals surface area contributed by atoms with E-state index in [2.05, 4.69) is 37.5 Å². The molecule has 10 rings (SSSR count). The van der Waals surface area contributed by atoms with E-state index < -0.39 is 19.7 Å². The second-order valence-electron chi connectivity index (χ2n) is 17.0. The number of sulfone groups is 2. The summed E-state index contributed by atoms with van der Waals surface area (Å²) in [5, 5.41) is 21.8. The van der Waals surface area contributed by atoms with E-state index in [1.54, 1.807) is 42.5 Å². The minimum absolute atomic E-state index is 0. The van der Waals surface area contributed by atoms with Gasteiger partial charge in [0.1, 0.15) is 30.0 Å². The van der Waals surface area contributed by atoms with Crippen LogP contribution in [0.4, 0.5) is 0 Å². The molecule has 0 saturated carbocycles. The average molecular weight is 996 g/mol. The quantitative estimate of drug-likeness (QED) is 0.0937. The first-order valence-corrected chi connectivity index (χ1v) is 26.2. The number of aromatic nitrogens is 4. The van der Waals surface area contributed by atoms with Crippen molar-refractivity contribution in [3.63, 3.8) is 0 Å². The number of benzene rings is 6. The molecule has 0 spiro atoms. The molecule has 0 aliphatic carbocycles. The van der Waals surface area contributed by atoms with Gasteiger partial charge in [-0.3, -0.25) is 10.2 Å². The molecular formula is C53H63ClN6O7S2. The molecular weight excluding hydrogens is 932 g/mol. The summed E-state index contributed by atoms with van der Waals surface area (Å²) in [4.78, 5) is 12.4. The number of unbranched alkanes of at least 4 members (excludes halogenated alkanes) is 2. The maximum absolute atomic E-state index is 13.6. The van der Waals surface area contributed by atoms with E-state index in [4.69, 9.17) is 9.47 Å². The van der Waals surface area contributed by atoms with Crippen molar-refractivity contribution in [1.82, 2.24) is 30.6 Å². The molecule has 2 aliphatic rings.